The van der Waals surface area contributed by atoms with Crippen molar-refractivity contribution in [3.63, 3.8) is 0 Å². The molecule has 1 aromatic carbocycles. The van der Waals surface area contributed by atoms with Crippen LogP contribution in [0.1, 0.15) is 38.2 Å². The molecule has 11 nitrogen and oxygen atoms in total. The lowest BCUT2D eigenvalue weighted by Gasteiger charge is -2.33. The van der Waals surface area contributed by atoms with E-state index in [0.717, 1.165) is 37.2 Å². The summed E-state index contributed by atoms with van der Waals surface area (Å²) in [6.45, 7) is 5.79. The number of urea groups is 1. The number of nitrogens with zero attached hydrogens (tertiary/aromatic N) is 4. The summed E-state index contributed by atoms with van der Waals surface area (Å²) in [6.07, 6.45) is 6.91. The Morgan fingerprint density at radius 1 is 1.00 bits per heavy atom. The Balaban J connectivity index is 1.16. The fraction of sp³-hybridized carbons (Fsp3) is 0.455. The summed E-state index contributed by atoms with van der Waals surface area (Å²) in [5.41, 5.74) is 2.03. The third-order valence-electron chi connectivity index (χ3n) is 7.78. The molecular formula is C33H41F2N7O4. The van der Waals surface area contributed by atoms with Gasteiger partial charge in [0.15, 0.2) is 17.5 Å². The summed E-state index contributed by atoms with van der Waals surface area (Å²) in [5.74, 6) is -0.769. The second-order valence-corrected chi connectivity index (χ2v) is 11.1. The van der Waals surface area contributed by atoms with Crippen molar-refractivity contribution in [3.8, 4) is 11.4 Å². The van der Waals surface area contributed by atoms with Crippen molar-refractivity contribution in [3.05, 3.63) is 72.2 Å². The number of fused-ring (bicyclic) bond motifs is 1. The molecule has 0 aliphatic heterocycles. The molecule has 3 aromatic heterocycles. The number of amides is 2. The summed E-state index contributed by atoms with van der Waals surface area (Å²) in [6, 6.07) is 10.8. The van der Waals surface area contributed by atoms with Crippen LogP contribution in [-0.4, -0.2) is 89.1 Å². The lowest BCUT2D eigenvalue weighted by molar-refractivity contribution is 0.0139. The van der Waals surface area contributed by atoms with Gasteiger partial charge < -0.3 is 34.7 Å². The van der Waals surface area contributed by atoms with Crippen molar-refractivity contribution in [2.75, 3.05) is 51.5 Å². The number of ether oxygens (including phenoxy) is 3. The molecule has 46 heavy (non-hydrogen) atoms. The zero-order valence-electron chi connectivity index (χ0n) is 26.0. The maximum Gasteiger partial charge on any atom is 0.317 e. The molecule has 246 valence electrons. The topological polar surface area (TPSA) is 127 Å². The zero-order valence-corrected chi connectivity index (χ0v) is 26.0. The SMILES string of the molecule is CCOCCOCCOCCN(Cc1ccccc1)C(=O)N[C@@H]1CCC[C@H](Nc2nc(-c3c[nH]c4ncc(F)cc34)ncc2F)C1. The Labute approximate surface area is 267 Å². The third-order valence-corrected chi connectivity index (χ3v) is 7.78. The Kier molecular flexibility index (Phi) is 12.2. The molecular weight excluding hydrogens is 596 g/mol. The number of nitrogens with one attached hydrogen (secondary N) is 3. The number of halogens is 2. The molecule has 0 unspecified atom stereocenters. The quantitative estimate of drug-likeness (QED) is 0.141. The van der Waals surface area contributed by atoms with Gasteiger partial charge in [-0.2, -0.15) is 0 Å². The van der Waals surface area contributed by atoms with E-state index in [1.54, 1.807) is 11.1 Å². The van der Waals surface area contributed by atoms with Crippen LogP contribution in [0.3, 0.4) is 0 Å². The van der Waals surface area contributed by atoms with Crippen LogP contribution in [0.25, 0.3) is 22.4 Å². The third kappa shape index (κ3) is 9.41. The number of rotatable bonds is 16. The predicted molar refractivity (Wildman–Crippen MR) is 170 cm³/mol. The van der Waals surface area contributed by atoms with Crippen molar-refractivity contribution in [1.29, 1.82) is 0 Å². The number of pyridine rings is 1. The molecule has 0 radical (unpaired) electrons. The monoisotopic (exact) mass is 637 g/mol. The van der Waals surface area contributed by atoms with Gasteiger partial charge in [0.25, 0.3) is 0 Å². The number of anilines is 1. The van der Waals surface area contributed by atoms with E-state index in [-0.39, 0.29) is 29.8 Å². The Hall–Kier alpha value is -4.20. The standard InChI is InChI=1S/C33H41F2N7O4/c1-2-44-13-14-46-16-15-45-12-11-42(22-23-7-4-3-5-8-23)33(43)40-26-10-6-9-25(18-26)39-32-29(35)21-38-31(41-32)28-20-37-30-27(28)17-24(34)19-36-30/h3-5,7-8,17,19-21,25-26H,2,6,9-16,18,22H2,1H3,(H,36,37)(H,40,43)(H,38,39,41)/t25-,26+/m0/s1. The van der Waals surface area contributed by atoms with Crippen molar-refractivity contribution < 1.29 is 27.8 Å². The van der Waals surface area contributed by atoms with Gasteiger partial charge in [-0.1, -0.05) is 30.3 Å². The number of hydrogen-bond donors (Lipinski definition) is 3. The molecule has 1 fully saturated rings. The summed E-state index contributed by atoms with van der Waals surface area (Å²) in [7, 11) is 0. The van der Waals surface area contributed by atoms with Crippen molar-refractivity contribution in [1.82, 2.24) is 30.2 Å². The van der Waals surface area contributed by atoms with Gasteiger partial charge >= 0.3 is 6.03 Å². The van der Waals surface area contributed by atoms with Crippen molar-refractivity contribution in [2.24, 2.45) is 0 Å². The summed E-state index contributed by atoms with van der Waals surface area (Å²) >= 11 is 0. The minimum absolute atomic E-state index is 0.0606. The van der Waals surface area contributed by atoms with E-state index in [0.29, 0.717) is 75.7 Å². The van der Waals surface area contributed by atoms with Gasteiger partial charge in [0.05, 0.1) is 45.4 Å². The van der Waals surface area contributed by atoms with Gasteiger partial charge in [0.1, 0.15) is 11.5 Å². The number of H-pyrrole nitrogens is 1. The Morgan fingerprint density at radius 3 is 2.57 bits per heavy atom. The average molecular weight is 638 g/mol. The fourth-order valence-electron chi connectivity index (χ4n) is 5.49. The van der Waals surface area contributed by atoms with Gasteiger partial charge in [-0.25, -0.2) is 28.5 Å². The van der Waals surface area contributed by atoms with Crippen LogP contribution in [0.5, 0.6) is 0 Å². The molecule has 1 aliphatic carbocycles. The first-order valence-corrected chi connectivity index (χ1v) is 15.7. The number of carbonyl (C=O) groups excluding carboxylic acids is 1. The largest absolute Gasteiger partial charge is 0.379 e. The second-order valence-electron chi connectivity index (χ2n) is 11.1. The maximum absolute atomic E-state index is 14.9. The molecule has 3 heterocycles. The highest BCUT2D eigenvalue weighted by molar-refractivity contribution is 5.91. The summed E-state index contributed by atoms with van der Waals surface area (Å²) in [4.78, 5) is 30.8. The average Bonchev–Trinajstić information content (AvgIpc) is 3.48. The van der Waals surface area contributed by atoms with Crippen LogP contribution in [0.2, 0.25) is 0 Å². The molecule has 1 saturated carbocycles. The lowest BCUT2D eigenvalue weighted by Crippen LogP contribution is -2.48. The highest BCUT2D eigenvalue weighted by Crippen LogP contribution is 2.28. The van der Waals surface area contributed by atoms with Gasteiger partial charge in [-0.15, -0.1) is 0 Å². The van der Waals surface area contributed by atoms with Crippen molar-refractivity contribution >= 4 is 22.9 Å². The van der Waals surface area contributed by atoms with Gasteiger partial charge in [0, 0.05) is 48.9 Å². The molecule has 5 rings (SSSR count). The van der Waals surface area contributed by atoms with E-state index >= 15 is 0 Å². The second kappa shape index (κ2) is 16.9. The van der Waals surface area contributed by atoms with E-state index in [1.807, 2.05) is 37.3 Å². The lowest BCUT2D eigenvalue weighted by atomic mass is 9.91. The molecule has 0 spiro atoms. The maximum atomic E-state index is 14.9. The fourth-order valence-corrected chi connectivity index (χ4v) is 5.49. The van der Waals surface area contributed by atoms with Crippen LogP contribution < -0.4 is 10.6 Å². The molecule has 0 bridgehead atoms. The van der Waals surface area contributed by atoms with Crippen LogP contribution in [0.4, 0.5) is 19.4 Å². The van der Waals surface area contributed by atoms with E-state index in [1.165, 1.54) is 6.07 Å². The summed E-state index contributed by atoms with van der Waals surface area (Å²) < 4.78 is 45.2. The molecule has 1 aliphatic rings. The minimum atomic E-state index is -0.590. The first-order chi connectivity index (χ1) is 22.5. The molecule has 2 atom stereocenters. The first-order valence-electron chi connectivity index (χ1n) is 15.7. The molecule has 4 aromatic rings. The van der Waals surface area contributed by atoms with Crippen molar-refractivity contribution in [2.45, 2.75) is 51.2 Å². The molecule has 3 N–H and O–H groups in total. The number of aromatic nitrogens is 4. The van der Waals surface area contributed by atoms with Gasteiger partial charge in [-0.05, 0) is 44.2 Å². The molecule has 13 heteroatoms. The van der Waals surface area contributed by atoms with E-state index in [2.05, 4.69) is 30.6 Å². The molecule has 0 saturated heterocycles. The van der Waals surface area contributed by atoms with E-state index in [9.17, 15) is 13.6 Å². The highest BCUT2D eigenvalue weighted by Gasteiger charge is 2.26. The highest BCUT2D eigenvalue weighted by atomic mass is 19.1. The smallest absolute Gasteiger partial charge is 0.317 e. The number of hydrogen-bond acceptors (Lipinski definition) is 8. The summed E-state index contributed by atoms with van der Waals surface area (Å²) in [5, 5.41) is 6.92. The number of aromatic amines is 1. The van der Waals surface area contributed by atoms with Crippen LogP contribution in [0.15, 0.2) is 55.0 Å². The Morgan fingerprint density at radius 2 is 1.76 bits per heavy atom. The van der Waals surface area contributed by atoms with Gasteiger partial charge in [-0.3, -0.25) is 0 Å². The number of benzene rings is 1. The van der Waals surface area contributed by atoms with Crippen LogP contribution in [-0.2, 0) is 20.8 Å². The predicted octanol–water partition coefficient (Wildman–Crippen LogP) is 5.30. The van der Waals surface area contributed by atoms with Crippen LogP contribution in [0, 0.1) is 11.6 Å². The van der Waals surface area contributed by atoms with Crippen LogP contribution >= 0.6 is 0 Å². The molecule has 2 amide bonds. The van der Waals surface area contributed by atoms with E-state index < -0.39 is 11.6 Å². The normalized spacial score (nSPS) is 16.4. The van der Waals surface area contributed by atoms with Gasteiger partial charge in [0.2, 0.25) is 0 Å². The number of carbonyl (C=O) groups is 1. The van der Waals surface area contributed by atoms with E-state index in [4.69, 9.17) is 14.2 Å². The minimum Gasteiger partial charge on any atom is -0.379 e. The first kappa shape index (κ1) is 33.2. The zero-order chi connectivity index (χ0) is 32.1. The Bertz CT molecular complexity index is 1540.